The number of carbonyl (C=O) groups is 1. The molecule has 2 aromatic heterocycles. The fourth-order valence-corrected chi connectivity index (χ4v) is 3.92. The number of imidazole rings is 1. The summed E-state index contributed by atoms with van der Waals surface area (Å²) in [6.45, 7) is 2.67. The van der Waals surface area contributed by atoms with E-state index in [1.54, 1.807) is 30.1 Å². The van der Waals surface area contributed by atoms with E-state index < -0.39 is 5.97 Å². The number of hydrogen-bond donors (Lipinski definition) is 1. The fourth-order valence-electron chi connectivity index (χ4n) is 2.96. The Morgan fingerprint density at radius 3 is 2.46 bits per heavy atom. The molecule has 0 aliphatic heterocycles. The molecule has 4 aromatic rings. The Morgan fingerprint density at radius 2 is 1.75 bits per heavy atom. The molecule has 28 heavy (non-hydrogen) atoms. The highest BCUT2D eigenvalue weighted by Crippen LogP contribution is 2.27. The van der Waals surface area contributed by atoms with E-state index in [1.165, 1.54) is 11.1 Å². The molecule has 0 atom stereocenters. The number of carboxylic acid groups (broad SMARTS) is 1. The molecular weight excluding hydrogens is 370 g/mol. The summed E-state index contributed by atoms with van der Waals surface area (Å²) in [5.41, 5.74) is 5.47. The van der Waals surface area contributed by atoms with Gasteiger partial charge in [-0.2, -0.15) is 0 Å². The summed E-state index contributed by atoms with van der Waals surface area (Å²) in [5, 5.41) is 9.98. The molecule has 4 rings (SSSR count). The Hall–Kier alpha value is -3.12. The lowest BCUT2D eigenvalue weighted by atomic mass is 10.1. The first kappa shape index (κ1) is 18.3. The highest BCUT2D eigenvalue weighted by Gasteiger charge is 2.13. The van der Waals surface area contributed by atoms with Gasteiger partial charge < -0.3 is 5.11 Å². The van der Waals surface area contributed by atoms with Gasteiger partial charge in [-0.1, -0.05) is 53.7 Å². The number of pyridine rings is 1. The van der Waals surface area contributed by atoms with Crippen LogP contribution in [0.15, 0.2) is 72.0 Å². The van der Waals surface area contributed by atoms with Crippen LogP contribution in [0.5, 0.6) is 0 Å². The maximum Gasteiger partial charge on any atom is 0.335 e. The topological polar surface area (TPSA) is 68.0 Å². The number of nitrogens with zero attached hydrogens (tertiary/aromatic N) is 3. The molecule has 0 fully saturated rings. The van der Waals surface area contributed by atoms with Gasteiger partial charge in [0.25, 0.3) is 0 Å². The van der Waals surface area contributed by atoms with Crippen LogP contribution >= 0.6 is 11.8 Å². The van der Waals surface area contributed by atoms with Crippen molar-refractivity contribution in [3.8, 4) is 0 Å². The monoisotopic (exact) mass is 389 g/mol. The Morgan fingerprint density at radius 1 is 1.04 bits per heavy atom. The molecule has 0 spiro atoms. The predicted molar refractivity (Wildman–Crippen MR) is 111 cm³/mol. The molecule has 6 heteroatoms. The van der Waals surface area contributed by atoms with Crippen molar-refractivity contribution in [2.24, 2.45) is 0 Å². The summed E-state index contributed by atoms with van der Waals surface area (Å²) in [6, 6.07) is 19.3. The third-order valence-corrected chi connectivity index (χ3v) is 5.55. The zero-order valence-corrected chi connectivity index (χ0v) is 16.2. The Kier molecular flexibility index (Phi) is 5.12. The molecule has 0 amide bonds. The van der Waals surface area contributed by atoms with Crippen molar-refractivity contribution >= 4 is 28.9 Å². The Bertz CT molecular complexity index is 1120. The number of rotatable bonds is 6. The maximum absolute atomic E-state index is 11.1. The first-order valence-electron chi connectivity index (χ1n) is 8.92. The molecule has 0 aliphatic rings. The van der Waals surface area contributed by atoms with Gasteiger partial charge in [0.15, 0.2) is 10.8 Å². The van der Waals surface area contributed by atoms with Crippen molar-refractivity contribution in [3.05, 3.63) is 89.1 Å². The molecule has 2 aromatic carbocycles. The third-order valence-electron chi connectivity index (χ3n) is 4.50. The quantitative estimate of drug-likeness (QED) is 0.481. The lowest BCUT2D eigenvalue weighted by Gasteiger charge is -2.09. The van der Waals surface area contributed by atoms with Crippen LogP contribution < -0.4 is 0 Å². The molecule has 1 N–H and O–H groups in total. The van der Waals surface area contributed by atoms with E-state index in [9.17, 15) is 4.79 Å². The second-order valence-electron chi connectivity index (χ2n) is 6.60. The number of thioether (sulfide) groups is 1. The van der Waals surface area contributed by atoms with Crippen molar-refractivity contribution in [1.82, 2.24) is 14.5 Å². The SMILES string of the molecule is Cc1ccc(CSc2nc3cccnc3n2Cc2ccc(C(=O)O)cc2)cc1. The molecule has 0 unspecified atom stereocenters. The number of fused-ring (bicyclic) bond motifs is 1. The van der Waals surface area contributed by atoms with E-state index in [1.807, 2.05) is 24.3 Å². The summed E-state index contributed by atoms with van der Waals surface area (Å²) in [4.78, 5) is 20.3. The standard InChI is InChI=1S/C22H19N3O2S/c1-15-4-6-17(7-5-15)14-28-22-24-19-3-2-12-23-20(19)25(22)13-16-8-10-18(11-9-16)21(26)27/h2-12H,13-14H2,1H3,(H,26,27). The highest BCUT2D eigenvalue weighted by molar-refractivity contribution is 7.98. The normalized spacial score (nSPS) is 11.0. The van der Waals surface area contributed by atoms with Crippen molar-refractivity contribution in [3.63, 3.8) is 0 Å². The van der Waals surface area contributed by atoms with Crippen LogP contribution in [0, 0.1) is 6.92 Å². The molecule has 5 nitrogen and oxygen atoms in total. The summed E-state index contributed by atoms with van der Waals surface area (Å²) >= 11 is 1.68. The molecular formula is C22H19N3O2S. The van der Waals surface area contributed by atoms with Gasteiger partial charge in [-0.15, -0.1) is 0 Å². The van der Waals surface area contributed by atoms with Crippen LogP contribution in [0.2, 0.25) is 0 Å². The van der Waals surface area contributed by atoms with Crippen molar-refractivity contribution in [2.45, 2.75) is 24.4 Å². The smallest absolute Gasteiger partial charge is 0.335 e. The fraction of sp³-hybridized carbons (Fsp3) is 0.136. The number of aromatic carboxylic acids is 1. The van der Waals surface area contributed by atoms with Gasteiger partial charge >= 0.3 is 5.97 Å². The van der Waals surface area contributed by atoms with Gasteiger partial charge in [-0.25, -0.2) is 14.8 Å². The van der Waals surface area contributed by atoms with E-state index in [-0.39, 0.29) is 5.56 Å². The van der Waals surface area contributed by atoms with Crippen LogP contribution in [0.1, 0.15) is 27.0 Å². The van der Waals surface area contributed by atoms with Gasteiger partial charge in [0.2, 0.25) is 0 Å². The molecule has 0 aliphatic carbocycles. The highest BCUT2D eigenvalue weighted by atomic mass is 32.2. The number of benzene rings is 2. The van der Waals surface area contributed by atoms with Gasteiger partial charge in [-0.3, -0.25) is 4.57 Å². The lowest BCUT2D eigenvalue weighted by Crippen LogP contribution is -2.03. The summed E-state index contributed by atoms with van der Waals surface area (Å²) < 4.78 is 2.09. The predicted octanol–water partition coefficient (Wildman–Crippen LogP) is 4.78. The van der Waals surface area contributed by atoms with E-state index in [0.717, 1.165) is 27.6 Å². The van der Waals surface area contributed by atoms with Crippen molar-refractivity contribution < 1.29 is 9.90 Å². The molecule has 0 radical (unpaired) electrons. The molecule has 140 valence electrons. The van der Waals surface area contributed by atoms with Crippen molar-refractivity contribution in [1.29, 1.82) is 0 Å². The first-order valence-corrected chi connectivity index (χ1v) is 9.90. The maximum atomic E-state index is 11.1. The first-order chi connectivity index (χ1) is 13.6. The van der Waals surface area contributed by atoms with Crippen LogP contribution in [-0.2, 0) is 12.3 Å². The van der Waals surface area contributed by atoms with E-state index in [2.05, 4.69) is 40.7 Å². The number of carboxylic acids is 1. The summed E-state index contributed by atoms with van der Waals surface area (Å²) in [7, 11) is 0. The minimum absolute atomic E-state index is 0.284. The Balaban J connectivity index is 1.62. The van der Waals surface area contributed by atoms with Gasteiger partial charge in [0.05, 0.1) is 12.1 Å². The third kappa shape index (κ3) is 3.92. The van der Waals surface area contributed by atoms with Gasteiger partial charge in [0.1, 0.15) is 5.52 Å². The van der Waals surface area contributed by atoms with Crippen LogP contribution in [-0.4, -0.2) is 25.6 Å². The van der Waals surface area contributed by atoms with E-state index in [0.29, 0.717) is 6.54 Å². The molecule has 0 saturated carbocycles. The molecule has 0 bridgehead atoms. The summed E-state index contributed by atoms with van der Waals surface area (Å²) in [6.07, 6.45) is 1.77. The minimum Gasteiger partial charge on any atom is -0.478 e. The molecule has 2 heterocycles. The van der Waals surface area contributed by atoms with Crippen LogP contribution in [0.4, 0.5) is 0 Å². The van der Waals surface area contributed by atoms with Crippen LogP contribution in [0.3, 0.4) is 0 Å². The average Bonchev–Trinajstić information content (AvgIpc) is 3.05. The van der Waals surface area contributed by atoms with Crippen LogP contribution in [0.25, 0.3) is 11.2 Å². The zero-order valence-electron chi connectivity index (χ0n) is 15.4. The van der Waals surface area contributed by atoms with Gasteiger partial charge in [0, 0.05) is 11.9 Å². The van der Waals surface area contributed by atoms with E-state index in [4.69, 9.17) is 10.1 Å². The number of aryl methyl sites for hydroxylation is 1. The van der Waals surface area contributed by atoms with Crippen molar-refractivity contribution in [2.75, 3.05) is 0 Å². The molecule has 0 saturated heterocycles. The van der Waals surface area contributed by atoms with E-state index >= 15 is 0 Å². The zero-order chi connectivity index (χ0) is 19.5. The number of hydrogen-bond acceptors (Lipinski definition) is 4. The number of aromatic nitrogens is 3. The Labute approximate surface area is 167 Å². The summed E-state index contributed by atoms with van der Waals surface area (Å²) in [5.74, 6) is -0.0997. The average molecular weight is 389 g/mol. The lowest BCUT2D eigenvalue weighted by molar-refractivity contribution is 0.0697. The van der Waals surface area contributed by atoms with Gasteiger partial charge in [-0.05, 0) is 42.3 Å². The second kappa shape index (κ2) is 7.86. The largest absolute Gasteiger partial charge is 0.478 e. The second-order valence-corrected chi connectivity index (χ2v) is 7.55. The minimum atomic E-state index is -0.921.